The molecule has 0 heterocycles. The summed E-state index contributed by atoms with van der Waals surface area (Å²) in [5.74, 6) is 0.276. The molecule has 0 radical (unpaired) electrons. The molecule has 2 N–H and O–H groups in total. The van der Waals surface area contributed by atoms with E-state index >= 15 is 0 Å². The minimum absolute atomic E-state index is 0.193. The third-order valence-corrected chi connectivity index (χ3v) is 4.73. The highest BCUT2D eigenvalue weighted by Crippen LogP contribution is 2.20. The number of hydrogen-bond donors (Lipinski definition) is 2. The van der Waals surface area contributed by atoms with Crippen molar-refractivity contribution in [1.82, 2.24) is 0 Å². The van der Waals surface area contributed by atoms with E-state index in [0.29, 0.717) is 11.3 Å². The molecule has 0 bridgehead atoms. The van der Waals surface area contributed by atoms with Crippen molar-refractivity contribution >= 4 is 23.2 Å². The second-order valence-electron chi connectivity index (χ2n) is 6.87. The third kappa shape index (κ3) is 5.23. The number of anilines is 2. The average molecular weight is 388 g/mol. The summed E-state index contributed by atoms with van der Waals surface area (Å²) < 4.78 is 5.13. The van der Waals surface area contributed by atoms with Crippen LogP contribution in [0.15, 0.2) is 66.7 Å². The maximum Gasteiger partial charge on any atom is 0.257 e. The van der Waals surface area contributed by atoms with E-state index < -0.39 is 0 Å². The molecule has 3 aromatic carbocycles. The van der Waals surface area contributed by atoms with Crippen LogP contribution in [0.3, 0.4) is 0 Å². The second kappa shape index (κ2) is 9.06. The molecular formula is C24H24N2O3. The van der Waals surface area contributed by atoms with Crippen LogP contribution in [-0.2, 0) is 11.2 Å². The van der Waals surface area contributed by atoms with Crippen LogP contribution in [-0.4, -0.2) is 18.9 Å². The maximum absolute atomic E-state index is 12.8. The van der Waals surface area contributed by atoms with Gasteiger partial charge in [-0.25, -0.2) is 0 Å². The quantitative estimate of drug-likeness (QED) is 0.641. The van der Waals surface area contributed by atoms with Gasteiger partial charge in [0.15, 0.2) is 0 Å². The van der Waals surface area contributed by atoms with E-state index in [4.69, 9.17) is 4.74 Å². The lowest BCUT2D eigenvalue weighted by molar-refractivity contribution is -0.115. The molecule has 0 aromatic heterocycles. The summed E-state index contributed by atoms with van der Waals surface area (Å²) in [6.45, 7) is 4.02. The highest BCUT2D eigenvalue weighted by molar-refractivity contribution is 6.10. The molecule has 0 saturated carbocycles. The van der Waals surface area contributed by atoms with Gasteiger partial charge < -0.3 is 15.4 Å². The molecule has 5 heteroatoms. The number of aryl methyl sites for hydroxylation is 2. The Bertz CT molecular complexity index is 1030. The van der Waals surface area contributed by atoms with Gasteiger partial charge in [0.2, 0.25) is 5.91 Å². The van der Waals surface area contributed by atoms with E-state index in [1.165, 1.54) is 0 Å². The number of hydrogen-bond acceptors (Lipinski definition) is 3. The number of rotatable bonds is 6. The van der Waals surface area contributed by atoms with Crippen molar-refractivity contribution in [2.45, 2.75) is 20.3 Å². The summed E-state index contributed by atoms with van der Waals surface area (Å²) in [7, 11) is 1.60. The van der Waals surface area contributed by atoms with Crippen molar-refractivity contribution in [2.75, 3.05) is 17.7 Å². The fraction of sp³-hybridized carbons (Fsp3) is 0.167. The van der Waals surface area contributed by atoms with Gasteiger partial charge in [-0.2, -0.15) is 0 Å². The first kappa shape index (κ1) is 20.1. The van der Waals surface area contributed by atoms with Gasteiger partial charge in [-0.05, 0) is 66.9 Å². The summed E-state index contributed by atoms with van der Waals surface area (Å²) in [6.07, 6.45) is 0.205. The first-order chi connectivity index (χ1) is 14.0. The molecule has 3 rings (SSSR count). The Balaban J connectivity index is 1.71. The van der Waals surface area contributed by atoms with Crippen LogP contribution in [0.5, 0.6) is 5.75 Å². The summed E-state index contributed by atoms with van der Waals surface area (Å²) in [5.41, 5.74) is 4.73. The average Bonchev–Trinajstić information content (AvgIpc) is 2.71. The second-order valence-corrected chi connectivity index (χ2v) is 6.87. The summed E-state index contributed by atoms with van der Waals surface area (Å²) in [5, 5.41) is 5.74. The highest BCUT2D eigenvalue weighted by atomic mass is 16.5. The van der Waals surface area contributed by atoms with Gasteiger partial charge in [0.05, 0.1) is 24.8 Å². The molecule has 0 unspecified atom stereocenters. The molecule has 29 heavy (non-hydrogen) atoms. The zero-order chi connectivity index (χ0) is 20.8. The highest BCUT2D eigenvalue weighted by Gasteiger charge is 2.14. The minimum atomic E-state index is -0.270. The Morgan fingerprint density at radius 1 is 0.862 bits per heavy atom. The molecule has 0 aliphatic carbocycles. The number of amides is 2. The lowest BCUT2D eigenvalue weighted by Gasteiger charge is -2.12. The van der Waals surface area contributed by atoms with Gasteiger partial charge in [0.25, 0.3) is 5.91 Å². The maximum atomic E-state index is 12.8. The van der Waals surface area contributed by atoms with Gasteiger partial charge >= 0.3 is 0 Å². The summed E-state index contributed by atoms with van der Waals surface area (Å²) >= 11 is 0. The lowest BCUT2D eigenvalue weighted by Crippen LogP contribution is -2.19. The van der Waals surface area contributed by atoms with Crippen LogP contribution < -0.4 is 15.4 Å². The van der Waals surface area contributed by atoms with Gasteiger partial charge in [0, 0.05) is 5.69 Å². The van der Waals surface area contributed by atoms with E-state index in [2.05, 4.69) is 10.6 Å². The lowest BCUT2D eigenvalue weighted by atomic mass is 10.1. The topological polar surface area (TPSA) is 67.4 Å². The van der Waals surface area contributed by atoms with E-state index in [1.807, 2.05) is 56.3 Å². The van der Waals surface area contributed by atoms with Crippen molar-refractivity contribution in [1.29, 1.82) is 0 Å². The Morgan fingerprint density at radius 3 is 2.28 bits per heavy atom. The third-order valence-electron chi connectivity index (χ3n) is 4.73. The summed E-state index contributed by atoms with van der Waals surface area (Å²) in [4.78, 5) is 25.2. The number of benzene rings is 3. The first-order valence-electron chi connectivity index (χ1n) is 9.36. The fourth-order valence-corrected chi connectivity index (χ4v) is 2.93. The van der Waals surface area contributed by atoms with Gasteiger partial charge in [-0.3, -0.25) is 9.59 Å². The number of para-hydroxylation sites is 1. The zero-order valence-electron chi connectivity index (χ0n) is 16.8. The van der Waals surface area contributed by atoms with Crippen LogP contribution in [0.4, 0.5) is 11.4 Å². The minimum Gasteiger partial charge on any atom is -0.497 e. The van der Waals surface area contributed by atoms with E-state index in [1.54, 1.807) is 31.4 Å². The molecule has 148 valence electrons. The predicted molar refractivity (Wildman–Crippen MR) is 116 cm³/mol. The Morgan fingerprint density at radius 2 is 1.59 bits per heavy atom. The molecule has 0 aliphatic heterocycles. The van der Waals surface area contributed by atoms with Crippen molar-refractivity contribution in [2.24, 2.45) is 0 Å². The molecule has 3 aromatic rings. The Kier molecular flexibility index (Phi) is 6.29. The molecule has 0 saturated heterocycles. The Labute approximate surface area is 170 Å². The zero-order valence-corrected chi connectivity index (χ0v) is 16.8. The number of ether oxygens (including phenoxy) is 1. The van der Waals surface area contributed by atoms with Crippen LogP contribution in [0, 0.1) is 13.8 Å². The molecule has 0 aliphatic rings. The SMILES string of the molecule is COc1ccc(CC(=O)Nc2ccccc2C(=O)Nc2ccc(C)c(C)c2)cc1. The standard InChI is InChI=1S/C24H24N2O3/c1-16-8-11-19(14-17(16)2)25-24(28)21-6-4-5-7-22(21)26-23(27)15-18-9-12-20(29-3)13-10-18/h4-14H,15H2,1-3H3,(H,25,28)(H,26,27). The number of nitrogens with one attached hydrogen (secondary N) is 2. The van der Waals surface area contributed by atoms with E-state index in [9.17, 15) is 9.59 Å². The molecule has 0 atom stereocenters. The molecule has 5 nitrogen and oxygen atoms in total. The molecule has 0 fully saturated rings. The van der Waals surface area contributed by atoms with E-state index in [0.717, 1.165) is 28.1 Å². The van der Waals surface area contributed by atoms with Crippen molar-refractivity contribution < 1.29 is 14.3 Å². The van der Waals surface area contributed by atoms with Crippen molar-refractivity contribution in [3.8, 4) is 5.75 Å². The normalized spacial score (nSPS) is 10.3. The molecular weight excluding hydrogens is 364 g/mol. The predicted octanol–water partition coefficient (Wildman–Crippen LogP) is 4.75. The van der Waals surface area contributed by atoms with Crippen molar-refractivity contribution in [3.63, 3.8) is 0 Å². The van der Waals surface area contributed by atoms with Gasteiger partial charge in [-0.1, -0.05) is 30.3 Å². The smallest absolute Gasteiger partial charge is 0.257 e. The van der Waals surface area contributed by atoms with Crippen LogP contribution >= 0.6 is 0 Å². The largest absolute Gasteiger partial charge is 0.497 e. The number of carbonyl (C=O) groups is 2. The monoisotopic (exact) mass is 388 g/mol. The van der Waals surface area contributed by atoms with E-state index in [-0.39, 0.29) is 18.2 Å². The van der Waals surface area contributed by atoms with Crippen LogP contribution in [0.25, 0.3) is 0 Å². The molecule has 0 spiro atoms. The van der Waals surface area contributed by atoms with Gasteiger partial charge in [-0.15, -0.1) is 0 Å². The number of carbonyl (C=O) groups excluding carboxylic acids is 2. The Hall–Kier alpha value is -3.60. The number of methoxy groups -OCH3 is 1. The van der Waals surface area contributed by atoms with Crippen LogP contribution in [0.2, 0.25) is 0 Å². The summed E-state index contributed by atoms with van der Waals surface area (Å²) in [6, 6.07) is 20.1. The van der Waals surface area contributed by atoms with Crippen molar-refractivity contribution in [3.05, 3.63) is 89.0 Å². The van der Waals surface area contributed by atoms with Crippen LogP contribution in [0.1, 0.15) is 27.0 Å². The molecule has 2 amide bonds. The van der Waals surface area contributed by atoms with Gasteiger partial charge in [0.1, 0.15) is 5.75 Å². The fourth-order valence-electron chi connectivity index (χ4n) is 2.93. The first-order valence-corrected chi connectivity index (χ1v) is 9.36.